The second-order valence-corrected chi connectivity index (χ2v) is 7.65. The van der Waals surface area contributed by atoms with Crippen molar-refractivity contribution in [1.82, 2.24) is 25.5 Å². The van der Waals surface area contributed by atoms with E-state index >= 15 is 0 Å². The lowest BCUT2D eigenvalue weighted by Gasteiger charge is -2.23. The molecule has 1 saturated heterocycles. The number of ether oxygens (including phenoxy) is 1. The molecule has 4 aromatic rings. The molecule has 0 saturated carbocycles. The molecule has 9 nitrogen and oxygen atoms in total. The summed E-state index contributed by atoms with van der Waals surface area (Å²) in [6.07, 6.45) is 8.17. The van der Waals surface area contributed by atoms with Gasteiger partial charge >= 0.3 is 0 Å². The molecule has 0 atom stereocenters. The van der Waals surface area contributed by atoms with Crippen molar-refractivity contribution in [3.8, 4) is 16.9 Å². The first kappa shape index (κ1) is 20.0. The zero-order valence-corrected chi connectivity index (χ0v) is 17.3. The van der Waals surface area contributed by atoms with Gasteiger partial charge in [-0.15, -0.1) is 0 Å². The van der Waals surface area contributed by atoms with Crippen LogP contribution in [0.3, 0.4) is 0 Å². The number of piperidine rings is 1. The summed E-state index contributed by atoms with van der Waals surface area (Å²) in [5.41, 5.74) is 3.99. The molecule has 0 aliphatic carbocycles. The maximum Gasteiger partial charge on any atom is 0.227 e. The first-order valence-electron chi connectivity index (χ1n) is 10.5. The maximum atomic E-state index is 11.0. The minimum Gasteiger partial charge on any atom is -0.490 e. The molecular weight excluding hydrogens is 406 g/mol. The Morgan fingerprint density at radius 3 is 2.72 bits per heavy atom. The molecule has 2 aromatic heterocycles. The molecule has 162 valence electrons. The molecule has 3 heterocycles. The van der Waals surface area contributed by atoms with Crippen LogP contribution in [0.5, 0.6) is 5.75 Å². The van der Waals surface area contributed by atoms with Gasteiger partial charge in [0.15, 0.2) is 0 Å². The third-order valence-electron chi connectivity index (χ3n) is 5.39. The van der Waals surface area contributed by atoms with Gasteiger partial charge in [-0.1, -0.05) is 0 Å². The van der Waals surface area contributed by atoms with Gasteiger partial charge in [0.25, 0.3) is 0 Å². The van der Waals surface area contributed by atoms with Crippen molar-refractivity contribution in [3.05, 3.63) is 55.0 Å². The maximum absolute atomic E-state index is 11.0. The van der Waals surface area contributed by atoms with Gasteiger partial charge in [-0.05, 0) is 61.8 Å². The van der Waals surface area contributed by atoms with E-state index in [-0.39, 0.29) is 6.10 Å². The number of hydrogen-bond donors (Lipinski definition) is 4. The molecular formula is C23H23N7O2. The van der Waals surface area contributed by atoms with E-state index < -0.39 is 0 Å². The number of rotatable bonds is 7. The van der Waals surface area contributed by atoms with Gasteiger partial charge in [0.2, 0.25) is 12.4 Å². The molecule has 0 bridgehead atoms. The van der Waals surface area contributed by atoms with Crippen LogP contribution in [0.1, 0.15) is 12.8 Å². The third-order valence-corrected chi connectivity index (χ3v) is 5.39. The number of nitrogens with one attached hydrogen (secondary N) is 4. The standard InChI is InChI=1S/C23H23N7O2/c31-14-26-18-7-16(17-12-27-28-13-17)8-19(9-18)29-23-25-11-15-1-2-21(10-22(15)30-23)32-20-3-5-24-6-4-20/h1-2,7-14,20,24H,3-6H2,(H,26,31)(H,27,28)(H,25,29,30). The highest BCUT2D eigenvalue weighted by Gasteiger charge is 2.15. The summed E-state index contributed by atoms with van der Waals surface area (Å²) in [7, 11) is 0. The van der Waals surface area contributed by atoms with Crippen molar-refractivity contribution in [1.29, 1.82) is 0 Å². The number of H-pyrrole nitrogens is 1. The number of anilines is 3. The van der Waals surface area contributed by atoms with E-state index in [0.29, 0.717) is 18.0 Å². The van der Waals surface area contributed by atoms with Gasteiger partial charge in [0, 0.05) is 40.8 Å². The predicted octanol–water partition coefficient (Wildman–Crippen LogP) is 3.46. The number of hydrogen-bond acceptors (Lipinski definition) is 7. The van der Waals surface area contributed by atoms with Crippen LogP contribution in [0, 0.1) is 0 Å². The van der Waals surface area contributed by atoms with Crippen LogP contribution in [0.2, 0.25) is 0 Å². The van der Waals surface area contributed by atoms with Crippen LogP contribution in [0.15, 0.2) is 55.0 Å². The largest absolute Gasteiger partial charge is 0.490 e. The molecule has 0 unspecified atom stereocenters. The second kappa shape index (κ2) is 9.03. The highest BCUT2D eigenvalue weighted by Crippen LogP contribution is 2.29. The van der Waals surface area contributed by atoms with Gasteiger partial charge in [0.05, 0.1) is 11.7 Å². The van der Waals surface area contributed by atoms with Crippen LogP contribution >= 0.6 is 0 Å². The monoisotopic (exact) mass is 429 g/mol. The van der Waals surface area contributed by atoms with Crippen molar-refractivity contribution in [2.24, 2.45) is 0 Å². The lowest BCUT2D eigenvalue weighted by Crippen LogP contribution is -2.34. The second-order valence-electron chi connectivity index (χ2n) is 7.65. The number of carbonyl (C=O) groups is 1. The molecule has 1 aliphatic heterocycles. The van der Waals surface area contributed by atoms with Crippen molar-refractivity contribution >= 4 is 34.6 Å². The first-order valence-corrected chi connectivity index (χ1v) is 10.5. The summed E-state index contributed by atoms with van der Waals surface area (Å²) in [4.78, 5) is 20.1. The average Bonchev–Trinajstić information content (AvgIpc) is 3.35. The Bertz CT molecular complexity index is 1220. The molecule has 9 heteroatoms. The molecule has 5 rings (SSSR count). The lowest BCUT2D eigenvalue weighted by molar-refractivity contribution is -0.105. The molecule has 0 spiro atoms. The van der Waals surface area contributed by atoms with E-state index in [9.17, 15) is 4.79 Å². The van der Waals surface area contributed by atoms with Crippen molar-refractivity contribution in [3.63, 3.8) is 0 Å². The Hall–Kier alpha value is -3.98. The SMILES string of the molecule is O=CNc1cc(Nc2ncc3ccc(OC4CCNCC4)cc3n2)cc(-c2cn[nH]c2)c1. The summed E-state index contributed by atoms with van der Waals surface area (Å²) < 4.78 is 6.15. The van der Waals surface area contributed by atoms with Gasteiger partial charge in [-0.3, -0.25) is 9.89 Å². The number of amides is 1. The average molecular weight is 429 g/mol. The van der Waals surface area contributed by atoms with Crippen LogP contribution in [0.25, 0.3) is 22.0 Å². The fourth-order valence-corrected chi connectivity index (χ4v) is 3.80. The summed E-state index contributed by atoms with van der Waals surface area (Å²) in [5, 5.41) is 17.0. The normalized spacial score (nSPS) is 14.2. The first-order chi connectivity index (χ1) is 15.8. The topological polar surface area (TPSA) is 117 Å². The summed E-state index contributed by atoms with van der Waals surface area (Å²) >= 11 is 0. The predicted molar refractivity (Wildman–Crippen MR) is 123 cm³/mol. The Balaban J connectivity index is 1.41. The van der Waals surface area contributed by atoms with Crippen molar-refractivity contribution in [2.45, 2.75) is 18.9 Å². The zero-order valence-electron chi connectivity index (χ0n) is 17.3. The summed E-state index contributed by atoms with van der Waals surface area (Å²) in [5.74, 6) is 1.27. The molecule has 2 aromatic carbocycles. The Morgan fingerprint density at radius 1 is 1.03 bits per heavy atom. The van der Waals surface area contributed by atoms with Gasteiger partial charge in [-0.2, -0.15) is 5.10 Å². The van der Waals surface area contributed by atoms with E-state index in [4.69, 9.17) is 4.74 Å². The van der Waals surface area contributed by atoms with E-state index in [0.717, 1.165) is 59.4 Å². The number of nitrogens with zero attached hydrogens (tertiary/aromatic N) is 3. The quantitative estimate of drug-likeness (QED) is 0.332. The highest BCUT2D eigenvalue weighted by atomic mass is 16.5. The molecule has 1 fully saturated rings. The summed E-state index contributed by atoms with van der Waals surface area (Å²) in [6.45, 7) is 1.96. The molecule has 4 N–H and O–H groups in total. The fourth-order valence-electron chi connectivity index (χ4n) is 3.80. The van der Waals surface area contributed by atoms with Crippen LogP contribution < -0.4 is 20.7 Å². The molecule has 32 heavy (non-hydrogen) atoms. The van der Waals surface area contributed by atoms with Crippen LogP contribution in [-0.4, -0.2) is 45.8 Å². The van der Waals surface area contributed by atoms with E-state index in [1.807, 2.05) is 36.4 Å². The minimum absolute atomic E-state index is 0.225. The number of aromatic amines is 1. The molecule has 1 aliphatic rings. The van der Waals surface area contributed by atoms with E-state index in [2.05, 4.69) is 36.1 Å². The highest BCUT2D eigenvalue weighted by molar-refractivity contribution is 5.82. The number of aromatic nitrogens is 4. The lowest BCUT2D eigenvalue weighted by atomic mass is 10.1. The van der Waals surface area contributed by atoms with Crippen molar-refractivity contribution < 1.29 is 9.53 Å². The summed E-state index contributed by atoms with van der Waals surface area (Å²) in [6, 6.07) is 11.5. The fraction of sp³-hybridized carbons (Fsp3) is 0.217. The minimum atomic E-state index is 0.225. The van der Waals surface area contributed by atoms with Crippen LogP contribution in [-0.2, 0) is 4.79 Å². The number of benzene rings is 2. The van der Waals surface area contributed by atoms with Crippen LogP contribution in [0.4, 0.5) is 17.3 Å². The molecule has 0 radical (unpaired) electrons. The smallest absolute Gasteiger partial charge is 0.227 e. The number of fused-ring (bicyclic) bond motifs is 1. The molecule has 1 amide bonds. The van der Waals surface area contributed by atoms with Gasteiger partial charge in [0.1, 0.15) is 11.9 Å². The van der Waals surface area contributed by atoms with E-state index in [1.165, 1.54) is 0 Å². The van der Waals surface area contributed by atoms with Gasteiger partial charge in [-0.25, -0.2) is 9.97 Å². The number of carbonyl (C=O) groups excluding carboxylic acids is 1. The Labute approximate surface area is 184 Å². The zero-order chi connectivity index (χ0) is 21.8. The Morgan fingerprint density at radius 2 is 1.91 bits per heavy atom. The third kappa shape index (κ3) is 4.52. The van der Waals surface area contributed by atoms with Crippen molar-refractivity contribution in [2.75, 3.05) is 23.7 Å². The Kier molecular flexibility index (Phi) is 5.63. The van der Waals surface area contributed by atoms with Gasteiger partial charge < -0.3 is 20.7 Å². The van der Waals surface area contributed by atoms with E-state index in [1.54, 1.807) is 18.6 Å².